The molecule has 0 saturated heterocycles. The molecule has 7 heteroatoms. The van der Waals surface area contributed by atoms with Crippen LogP contribution in [-0.4, -0.2) is 44.2 Å². The summed E-state index contributed by atoms with van der Waals surface area (Å²) in [5.74, 6) is 0.0413. The zero-order valence-corrected chi connectivity index (χ0v) is 12.2. The largest absolute Gasteiger partial charge is 0.382 e. The van der Waals surface area contributed by atoms with Gasteiger partial charge >= 0.3 is 0 Å². The van der Waals surface area contributed by atoms with Crippen molar-refractivity contribution in [3.8, 4) is 0 Å². The van der Waals surface area contributed by atoms with E-state index < -0.39 is 5.60 Å². The zero-order chi connectivity index (χ0) is 13.9. The maximum absolute atomic E-state index is 12.0. The second kappa shape index (κ2) is 5.53. The molecule has 102 valence electrons. The Hall–Kier alpha value is -1.34. The Labute approximate surface area is 111 Å². The fourth-order valence-corrected chi connectivity index (χ4v) is 1.94. The minimum atomic E-state index is -0.403. The Morgan fingerprint density at radius 2 is 2.17 bits per heavy atom. The number of nitrogen functional groups attached to an aromatic ring is 1. The molecule has 0 aromatic carbocycles. The van der Waals surface area contributed by atoms with Crippen molar-refractivity contribution < 1.29 is 9.53 Å². The number of carbonyl (C=O) groups excluding carboxylic acids is 1. The highest BCUT2D eigenvalue weighted by molar-refractivity contribution is 7.18. The van der Waals surface area contributed by atoms with Gasteiger partial charge in [-0.25, -0.2) is 4.98 Å². The molecule has 0 aliphatic carbocycles. The van der Waals surface area contributed by atoms with E-state index in [-0.39, 0.29) is 11.7 Å². The molecule has 6 nitrogen and oxygen atoms in total. The molecule has 18 heavy (non-hydrogen) atoms. The number of nitrogens with zero attached hydrogens (tertiary/aromatic N) is 2. The summed E-state index contributed by atoms with van der Waals surface area (Å²) in [7, 11) is 5.32. The molecule has 0 radical (unpaired) electrons. The SMILES string of the molecule is COC(C)(C)CNC(=O)c1sc(N(C)C)nc1N. The second-order valence-corrected chi connectivity index (χ2v) is 5.73. The molecule has 0 aliphatic rings. The second-order valence-electron chi connectivity index (χ2n) is 4.75. The number of carbonyl (C=O) groups is 1. The Morgan fingerprint density at radius 1 is 1.56 bits per heavy atom. The van der Waals surface area contributed by atoms with E-state index in [2.05, 4.69) is 10.3 Å². The van der Waals surface area contributed by atoms with Crippen molar-refractivity contribution in [3.05, 3.63) is 4.88 Å². The van der Waals surface area contributed by atoms with Gasteiger partial charge in [-0.05, 0) is 13.8 Å². The first kappa shape index (κ1) is 14.7. The van der Waals surface area contributed by atoms with Gasteiger partial charge in [-0.3, -0.25) is 4.79 Å². The molecule has 0 spiro atoms. The fraction of sp³-hybridized carbons (Fsp3) is 0.636. The third kappa shape index (κ3) is 3.58. The van der Waals surface area contributed by atoms with E-state index in [9.17, 15) is 4.79 Å². The highest BCUT2D eigenvalue weighted by Crippen LogP contribution is 2.26. The van der Waals surface area contributed by atoms with Crippen molar-refractivity contribution in [2.75, 3.05) is 38.4 Å². The summed E-state index contributed by atoms with van der Waals surface area (Å²) in [6.07, 6.45) is 0. The maximum atomic E-state index is 12.0. The van der Waals surface area contributed by atoms with Crippen LogP contribution in [0.15, 0.2) is 0 Å². The van der Waals surface area contributed by atoms with Crippen molar-refractivity contribution in [2.45, 2.75) is 19.4 Å². The van der Waals surface area contributed by atoms with Gasteiger partial charge in [0.2, 0.25) is 0 Å². The van der Waals surface area contributed by atoms with Crippen molar-refractivity contribution in [3.63, 3.8) is 0 Å². The van der Waals surface area contributed by atoms with Crippen LogP contribution < -0.4 is 16.0 Å². The summed E-state index contributed by atoms with van der Waals surface area (Å²) >= 11 is 1.27. The van der Waals surface area contributed by atoms with Gasteiger partial charge in [0.05, 0.1) is 5.60 Å². The highest BCUT2D eigenvalue weighted by Gasteiger charge is 2.21. The molecule has 1 amide bonds. The average molecular weight is 272 g/mol. The highest BCUT2D eigenvalue weighted by atomic mass is 32.1. The Bertz CT molecular complexity index is 429. The predicted octanol–water partition coefficient (Wildman–Crippen LogP) is 0.946. The first-order chi connectivity index (χ1) is 8.26. The lowest BCUT2D eigenvalue weighted by Crippen LogP contribution is -2.39. The third-order valence-electron chi connectivity index (χ3n) is 2.46. The Balaban J connectivity index is 2.73. The van der Waals surface area contributed by atoms with Gasteiger partial charge in [-0.1, -0.05) is 11.3 Å². The number of nitrogens with two attached hydrogens (primary N) is 1. The number of thiazole rings is 1. The summed E-state index contributed by atoms with van der Waals surface area (Å²) in [5.41, 5.74) is 5.33. The molecule has 0 saturated carbocycles. The predicted molar refractivity (Wildman–Crippen MR) is 74.3 cm³/mol. The molecular formula is C11H20N4O2S. The molecule has 0 fully saturated rings. The first-order valence-electron chi connectivity index (χ1n) is 5.54. The summed E-state index contributed by atoms with van der Waals surface area (Å²) in [6.45, 7) is 4.21. The van der Waals surface area contributed by atoms with Gasteiger partial charge in [-0.2, -0.15) is 0 Å². The van der Waals surface area contributed by atoms with Crippen LogP contribution >= 0.6 is 11.3 Å². The van der Waals surface area contributed by atoms with E-state index in [0.717, 1.165) is 0 Å². The van der Waals surface area contributed by atoms with Crippen LogP contribution in [-0.2, 0) is 4.74 Å². The topological polar surface area (TPSA) is 80.5 Å². The summed E-state index contributed by atoms with van der Waals surface area (Å²) < 4.78 is 5.23. The minimum absolute atomic E-state index is 0.219. The molecule has 0 atom stereocenters. The summed E-state index contributed by atoms with van der Waals surface area (Å²) in [6, 6.07) is 0. The van der Waals surface area contributed by atoms with Crippen molar-refractivity contribution in [1.29, 1.82) is 0 Å². The molecule has 1 heterocycles. The van der Waals surface area contributed by atoms with Crippen LogP contribution in [0.3, 0.4) is 0 Å². The van der Waals surface area contributed by atoms with Crippen molar-refractivity contribution in [2.24, 2.45) is 0 Å². The minimum Gasteiger partial charge on any atom is -0.382 e. The zero-order valence-electron chi connectivity index (χ0n) is 11.4. The van der Waals surface area contributed by atoms with E-state index in [0.29, 0.717) is 16.6 Å². The van der Waals surface area contributed by atoms with Gasteiger partial charge in [0.25, 0.3) is 5.91 Å². The summed E-state index contributed by atoms with van der Waals surface area (Å²) in [5, 5.41) is 3.50. The van der Waals surface area contributed by atoms with Gasteiger partial charge in [0.1, 0.15) is 10.7 Å². The van der Waals surface area contributed by atoms with Crippen molar-refractivity contribution >= 4 is 28.2 Å². The van der Waals surface area contributed by atoms with E-state index in [1.54, 1.807) is 7.11 Å². The van der Waals surface area contributed by atoms with E-state index in [4.69, 9.17) is 10.5 Å². The first-order valence-corrected chi connectivity index (χ1v) is 6.35. The molecular weight excluding hydrogens is 252 g/mol. The lowest BCUT2D eigenvalue weighted by Gasteiger charge is -2.22. The third-order valence-corrected chi connectivity index (χ3v) is 3.70. The number of rotatable bonds is 5. The molecule has 1 aromatic heterocycles. The molecule has 0 bridgehead atoms. The van der Waals surface area contributed by atoms with Crippen molar-refractivity contribution in [1.82, 2.24) is 10.3 Å². The Kier molecular flexibility index (Phi) is 4.53. The van der Waals surface area contributed by atoms with Crippen LogP contribution in [0.25, 0.3) is 0 Å². The van der Waals surface area contributed by atoms with E-state index >= 15 is 0 Å². The van der Waals surface area contributed by atoms with Gasteiger partial charge in [0.15, 0.2) is 5.13 Å². The number of ether oxygens (including phenoxy) is 1. The molecule has 1 aromatic rings. The lowest BCUT2D eigenvalue weighted by atomic mass is 10.1. The smallest absolute Gasteiger partial charge is 0.265 e. The summed E-state index contributed by atoms with van der Waals surface area (Å²) in [4.78, 5) is 18.3. The quantitative estimate of drug-likeness (QED) is 0.834. The van der Waals surface area contributed by atoms with E-state index in [1.165, 1.54) is 11.3 Å². The van der Waals surface area contributed by atoms with Crippen LogP contribution in [0.2, 0.25) is 0 Å². The Morgan fingerprint density at radius 3 is 2.61 bits per heavy atom. The van der Waals surface area contributed by atoms with E-state index in [1.807, 2.05) is 32.8 Å². The fourth-order valence-electron chi connectivity index (χ4n) is 1.12. The molecule has 0 unspecified atom stereocenters. The number of amides is 1. The number of aromatic nitrogens is 1. The lowest BCUT2D eigenvalue weighted by molar-refractivity contribution is 0.0229. The number of anilines is 2. The van der Waals surface area contributed by atoms with Gasteiger partial charge < -0.3 is 20.7 Å². The molecule has 3 N–H and O–H groups in total. The standard InChI is InChI=1S/C11H20N4O2S/c1-11(2,17-5)6-13-9(16)7-8(12)14-10(18-7)15(3)4/h6,12H2,1-5H3,(H,13,16). The number of hydrogen-bond donors (Lipinski definition) is 2. The van der Waals surface area contributed by atoms with Crippen LogP contribution in [0, 0.1) is 0 Å². The van der Waals surface area contributed by atoms with Crippen LogP contribution in [0.4, 0.5) is 10.9 Å². The van der Waals surface area contributed by atoms with Crippen LogP contribution in [0.1, 0.15) is 23.5 Å². The van der Waals surface area contributed by atoms with Gasteiger partial charge in [0, 0.05) is 27.7 Å². The number of methoxy groups -OCH3 is 1. The normalized spacial score (nSPS) is 11.4. The number of nitrogens with one attached hydrogen (secondary N) is 1. The number of hydrogen-bond acceptors (Lipinski definition) is 6. The monoisotopic (exact) mass is 272 g/mol. The van der Waals surface area contributed by atoms with Gasteiger partial charge in [-0.15, -0.1) is 0 Å². The molecule has 0 aliphatic heterocycles. The average Bonchev–Trinajstić information content (AvgIpc) is 2.69. The molecule has 1 rings (SSSR count). The maximum Gasteiger partial charge on any atom is 0.265 e. The van der Waals surface area contributed by atoms with Crippen LogP contribution in [0.5, 0.6) is 0 Å².